The first-order valence-electron chi connectivity index (χ1n) is 10.1. The van der Waals surface area contributed by atoms with Gasteiger partial charge in [-0.05, 0) is 67.8 Å². The molecule has 8 heteroatoms. The van der Waals surface area contributed by atoms with Gasteiger partial charge in [-0.15, -0.1) is 0 Å². The maximum absolute atomic E-state index is 12.8. The third kappa shape index (κ3) is 5.03. The maximum Gasteiger partial charge on any atom is 0.261 e. The van der Waals surface area contributed by atoms with Crippen molar-refractivity contribution in [2.45, 2.75) is 24.7 Å². The fourth-order valence-corrected chi connectivity index (χ4v) is 4.62. The average Bonchev–Trinajstić information content (AvgIpc) is 3.29. The average molecular weight is 437 g/mol. The van der Waals surface area contributed by atoms with E-state index in [9.17, 15) is 13.2 Å². The molecule has 1 aromatic heterocycles. The van der Waals surface area contributed by atoms with Crippen molar-refractivity contribution in [3.8, 4) is 0 Å². The van der Waals surface area contributed by atoms with E-state index in [0.717, 1.165) is 37.3 Å². The Hall–Kier alpha value is -3.39. The number of anilines is 3. The van der Waals surface area contributed by atoms with Crippen LogP contribution in [0.25, 0.3) is 0 Å². The van der Waals surface area contributed by atoms with Crippen molar-refractivity contribution in [3.05, 3.63) is 78.0 Å². The molecule has 0 spiro atoms. The van der Waals surface area contributed by atoms with E-state index in [1.807, 2.05) is 19.1 Å². The molecule has 3 aromatic rings. The number of aryl methyl sites for hydroxylation is 1. The number of rotatable bonds is 6. The van der Waals surface area contributed by atoms with Crippen molar-refractivity contribution >= 4 is 33.1 Å². The van der Waals surface area contributed by atoms with E-state index in [1.165, 1.54) is 12.1 Å². The first-order chi connectivity index (χ1) is 14.9. The zero-order valence-electron chi connectivity index (χ0n) is 17.2. The second-order valence-electron chi connectivity index (χ2n) is 7.56. The predicted octanol–water partition coefficient (Wildman–Crippen LogP) is 4.04. The van der Waals surface area contributed by atoms with Crippen molar-refractivity contribution < 1.29 is 13.2 Å². The molecule has 2 N–H and O–H groups in total. The molecule has 0 bridgehead atoms. The number of hydrogen-bond donors (Lipinski definition) is 2. The summed E-state index contributed by atoms with van der Waals surface area (Å²) in [7, 11) is -3.82. The molecule has 0 radical (unpaired) electrons. The van der Waals surface area contributed by atoms with E-state index in [0.29, 0.717) is 11.4 Å². The molecule has 1 fully saturated rings. The molecule has 0 saturated carbocycles. The van der Waals surface area contributed by atoms with E-state index in [4.69, 9.17) is 0 Å². The lowest BCUT2D eigenvalue weighted by atomic mass is 10.2. The molecule has 1 aliphatic rings. The van der Waals surface area contributed by atoms with Gasteiger partial charge in [0.15, 0.2) is 0 Å². The lowest BCUT2D eigenvalue weighted by Gasteiger charge is -2.16. The van der Waals surface area contributed by atoms with Crippen molar-refractivity contribution in [3.63, 3.8) is 0 Å². The van der Waals surface area contributed by atoms with Crippen LogP contribution in [0.2, 0.25) is 0 Å². The zero-order valence-corrected chi connectivity index (χ0v) is 18.0. The Morgan fingerprint density at radius 1 is 0.968 bits per heavy atom. The zero-order chi connectivity index (χ0) is 21.8. The van der Waals surface area contributed by atoms with Gasteiger partial charge in [0.2, 0.25) is 0 Å². The fraction of sp³-hybridized carbons (Fsp3) is 0.217. The van der Waals surface area contributed by atoms with Crippen LogP contribution in [0.5, 0.6) is 0 Å². The van der Waals surface area contributed by atoms with Gasteiger partial charge in [-0.1, -0.05) is 18.2 Å². The number of sulfonamides is 1. The number of aromatic nitrogens is 1. The van der Waals surface area contributed by atoms with Gasteiger partial charge in [0.1, 0.15) is 5.82 Å². The van der Waals surface area contributed by atoms with Crippen molar-refractivity contribution in [1.29, 1.82) is 0 Å². The second-order valence-corrected chi connectivity index (χ2v) is 9.24. The molecule has 1 amide bonds. The minimum Gasteiger partial charge on any atom is -0.357 e. The van der Waals surface area contributed by atoms with E-state index >= 15 is 0 Å². The summed E-state index contributed by atoms with van der Waals surface area (Å²) in [6.07, 6.45) is 3.95. The minimum absolute atomic E-state index is 0.0177. The molecular weight excluding hydrogens is 412 g/mol. The van der Waals surface area contributed by atoms with Crippen molar-refractivity contribution in [2.24, 2.45) is 0 Å². The molecule has 1 aliphatic heterocycles. The lowest BCUT2D eigenvalue weighted by Crippen LogP contribution is -2.19. The van der Waals surface area contributed by atoms with Gasteiger partial charge in [0.25, 0.3) is 15.9 Å². The number of nitrogens with one attached hydrogen (secondary N) is 2. The van der Waals surface area contributed by atoms with Gasteiger partial charge in [-0.2, -0.15) is 0 Å². The van der Waals surface area contributed by atoms with E-state index in [1.54, 1.807) is 42.6 Å². The molecule has 0 atom stereocenters. The third-order valence-corrected chi connectivity index (χ3v) is 6.49. The largest absolute Gasteiger partial charge is 0.357 e. The summed E-state index contributed by atoms with van der Waals surface area (Å²) >= 11 is 0. The summed E-state index contributed by atoms with van der Waals surface area (Å²) < 4.78 is 28.1. The van der Waals surface area contributed by atoms with Crippen LogP contribution in [0.1, 0.15) is 28.8 Å². The van der Waals surface area contributed by atoms with Crippen LogP contribution >= 0.6 is 0 Å². The Kier molecular flexibility index (Phi) is 5.90. The summed E-state index contributed by atoms with van der Waals surface area (Å²) in [5.41, 5.74) is 2.21. The summed E-state index contributed by atoms with van der Waals surface area (Å²) in [5, 5.41) is 2.78. The van der Waals surface area contributed by atoms with Gasteiger partial charge in [-0.3, -0.25) is 9.52 Å². The molecule has 2 aromatic carbocycles. The van der Waals surface area contributed by atoms with Gasteiger partial charge in [-0.25, -0.2) is 13.4 Å². The smallest absolute Gasteiger partial charge is 0.261 e. The number of amides is 1. The number of pyridine rings is 1. The van der Waals surface area contributed by atoms with E-state index in [-0.39, 0.29) is 10.5 Å². The molecule has 7 nitrogen and oxygen atoms in total. The van der Waals surface area contributed by atoms with E-state index in [2.05, 4.69) is 19.9 Å². The third-order valence-electron chi connectivity index (χ3n) is 5.11. The van der Waals surface area contributed by atoms with Gasteiger partial charge >= 0.3 is 0 Å². The maximum atomic E-state index is 12.8. The normalized spacial score (nSPS) is 13.8. The molecule has 2 heterocycles. The first-order valence-corrected chi connectivity index (χ1v) is 11.6. The molecule has 1 saturated heterocycles. The second kappa shape index (κ2) is 8.77. The van der Waals surface area contributed by atoms with Crippen molar-refractivity contribution in [1.82, 2.24) is 4.98 Å². The summed E-state index contributed by atoms with van der Waals surface area (Å²) in [5.74, 6) is 0.495. The van der Waals surface area contributed by atoms with Crippen LogP contribution in [0.3, 0.4) is 0 Å². The Morgan fingerprint density at radius 3 is 2.45 bits per heavy atom. The lowest BCUT2D eigenvalue weighted by molar-refractivity contribution is 0.102. The van der Waals surface area contributed by atoms with Crippen LogP contribution in [-0.2, 0) is 10.0 Å². The van der Waals surface area contributed by atoms with Crippen LogP contribution < -0.4 is 14.9 Å². The molecule has 0 aliphatic carbocycles. The molecule has 160 valence electrons. The molecule has 4 rings (SSSR count). The highest BCUT2D eigenvalue weighted by atomic mass is 32.2. The number of hydrogen-bond acceptors (Lipinski definition) is 5. The molecule has 0 unspecified atom stereocenters. The standard InChI is InChI=1S/C23H24N4O3S/c1-17-6-4-8-19(14-17)26-31(29,30)21-9-5-7-18(15-21)23(28)25-20-10-11-22(24-16-20)27-12-2-3-13-27/h4-11,14-16,26H,2-3,12-13H2,1H3,(H,25,28). The number of benzene rings is 2. The predicted molar refractivity (Wildman–Crippen MR) is 122 cm³/mol. The van der Waals surface area contributed by atoms with Gasteiger partial charge < -0.3 is 10.2 Å². The van der Waals surface area contributed by atoms with Crippen LogP contribution in [0.4, 0.5) is 17.2 Å². The number of carbonyl (C=O) groups excluding carboxylic acids is 1. The fourth-order valence-electron chi connectivity index (χ4n) is 3.52. The van der Waals surface area contributed by atoms with E-state index < -0.39 is 15.9 Å². The topological polar surface area (TPSA) is 91.4 Å². The summed E-state index contributed by atoms with van der Waals surface area (Å²) in [4.78, 5) is 19.3. The minimum atomic E-state index is -3.82. The van der Waals surface area contributed by atoms with Crippen LogP contribution in [-0.4, -0.2) is 32.4 Å². The Balaban J connectivity index is 1.47. The van der Waals surface area contributed by atoms with Gasteiger partial charge in [0.05, 0.1) is 16.8 Å². The first kappa shape index (κ1) is 20.9. The van der Waals surface area contributed by atoms with Gasteiger partial charge in [0, 0.05) is 24.3 Å². The molecular formula is C23H24N4O3S. The highest BCUT2D eigenvalue weighted by molar-refractivity contribution is 7.92. The van der Waals surface area contributed by atoms with Crippen molar-refractivity contribution in [2.75, 3.05) is 28.0 Å². The Bertz CT molecular complexity index is 1190. The molecule has 31 heavy (non-hydrogen) atoms. The van der Waals surface area contributed by atoms with Crippen LogP contribution in [0, 0.1) is 6.92 Å². The number of carbonyl (C=O) groups is 1. The monoisotopic (exact) mass is 436 g/mol. The number of nitrogens with zero attached hydrogens (tertiary/aromatic N) is 2. The Labute approximate surface area is 182 Å². The summed E-state index contributed by atoms with van der Waals surface area (Å²) in [6.45, 7) is 3.88. The van der Waals surface area contributed by atoms with Crippen LogP contribution in [0.15, 0.2) is 71.8 Å². The quantitative estimate of drug-likeness (QED) is 0.608. The highest BCUT2D eigenvalue weighted by Gasteiger charge is 2.17. The Morgan fingerprint density at radius 2 is 1.74 bits per heavy atom. The SMILES string of the molecule is Cc1cccc(NS(=O)(=O)c2cccc(C(=O)Nc3ccc(N4CCCC4)nc3)c2)c1. The highest BCUT2D eigenvalue weighted by Crippen LogP contribution is 2.21. The summed E-state index contributed by atoms with van der Waals surface area (Å²) in [6, 6.07) is 16.7.